The molecule has 1 aromatic heterocycles. The van der Waals surface area contributed by atoms with Crippen LogP contribution in [-0.2, 0) is 0 Å². The van der Waals surface area contributed by atoms with Gasteiger partial charge in [-0.25, -0.2) is 4.98 Å². The maximum Gasteiger partial charge on any atom is 0.257 e. The fourth-order valence-corrected chi connectivity index (χ4v) is 1.38. The molecule has 0 atom stereocenters. The summed E-state index contributed by atoms with van der Waals surface area (Å²) in [7, 11) is 0. The largest absolute Gasteiger partial charge is 0.494 e. The lowest BCUT2D eigenvalue weighted by atomic mass is 10.2. The summed E-state index contributed by atoms with van der Waals surface area (Å²) in [6.07, 6.45) is 3.22. The van der Waals surface area contributed by atoms with Crippen molar-refractivity contribution in [1.29, 1.82) is 0 Å². The van der Waals surface area contributed by atoms with Crippen LogP contribution in [0.15, 0.2) is 36.7 Å². The van der Waals surface area contributed by atoms with Gasteiger partial charge in [-0.15, -0.1) is 0 Å². The zero-order chi connectivity index (χ0) is 12.1. The van der Waals surface area contributed by atoms with Crippen LogP contribution in [0.1, 0.15) is 17.3 Å². The molecule has 88 valence electrons. The number of hydrogen-bond acceptors (Lipinski definition) is 3. The Morgan fingerprint density at radius 2 is 2.18 bits per heavy atom. The lowest BCUT2D eigenvalue weighted by Gasteiger charge is -2.04. The molecule has 5 heteroatoms. The first-order valence-corrected chi connectivity index (χ1v) is 5.33. The lowest BCUT2D eigenvalue weighted by molar-refractivity contribution is 0.102. The van der Waals surface area contributed by atoms with Crippen LogP contribution < -0.4 is 10.1 Å². The first-order valence-electron chi connectivity index (χ1n) is 5.33. The van der Waals surface area contributed by atoms with Crippen molar-refractivity contribution in [1.82, 2.24) is 9.97 Å². The minimum absolute atomic E-state index is 0.206. The molecule has 1 amide bonds. The molecule has 17 heavy (non-hydrogen) atoms. The predicted octanol–water partition coefficient (Wildman–Crippen LogP) is 2.06. The van der Waals surface area contributed by atoms with Crippen molar-refractivity contribution in [2.45, 2.75) is 6.92 Å². The molecular weight excluding hydrogens is 218 g/mol. The number of carbonyl (C=O) groups is 1. The third-order valence-electron chi connectivity index (χ3n) is 2.16. The average Bonchev–Trinajstić information content (AvgIpc) is 2.83. The van der Waals surface area contributed by atoms with Crippen molar-refractivity contribution in [3.05, 3.63) is 42.2 Å². The van der Waals surface area contributed by atoms with Gasteiger partial charge in [0.2, 0.25) is 5.95 Å². The molecule has 0 radical (unpaired) electrons. The third-order valence-corrected chi connectivity index (χ3v) is 2.16. The van der Waals surface area contributed by atoms with E-state index in [9.17, 15) is 4.79 Å². The summed E-state index contributed by atoms with van der Waals surface area (Å²) in [6, 6.07) is 6.95. The van der Waals surface area contributed by atoms with Gasteiger partial charge in [-0.05, 0) is 31.2 Å². The van der Waals surface area contributed by atoms with Gasteiger partial charge in [0.15, 0.2) is 0 Å². The van der Waals surface area contributed by atoms with Crippen LogP contribution >= 0.6 is 0 Å². The Labute approximate surface area is 98.8 Å². The number of nitrogens with one attached hydrogen (secondary N) is 2. The fourth-order valence-electron chi connectivity index (χ4n) is 1.38. The molecule has 2 aromatic rings. The molecule has 2 rings (SSSR count). The Morgan fingerprint density at radius 1 is 1.41 bits per heavy atom. The van der Waals surface area contributed by atoms with Gasteiger partial charge >= 0.3 is 0 Å². The van der Waals surface area contributed by atoms with Gasteiger partial charge < -0.3 is 9.72 Å². The van der Waals surface area contributed by atoms with E-state index in [1.807, 2.05) is 6.92 Å². The number of carbonyl (C=O) groups excluding carboxylic acids is 1. The highest BCUT2D eigenvalue weighted by molar-refractivity contribution is 6.03. The average molecular weight is 231 g/mol. The van der Waals surface area contributed by atoms with Crippen LogP contribution in [0, 0.1) is 0 Å². The van der Waals surface area contributed by atoms with E-state index in [0.717, 1.165) is 5.75 Å². The lowest BCUT2D eigenvalue weighted by Crippen LogP contribution is -2.12. The SMILES string of the molecule is CCOc1ccc(C(=O)Nc2ncc[nH]2)cc1. The van der Waals surface area contributed by atoms with E-state index in [-0.39, 0.29) is 5.91 Å². The molecule has 0 spiro atoms. The standard InChI is InChI=1S/C12H13N3O2/c1-2-17-10-5-3-9(4-6-10)11(16)15-12-13-7-8-14-12/h3-8H,2H2,1H3,(H2,13,14,15,16). The van der Waals surface area contributed by atoms with E-state index in [0.29, 0.717) is 18.1 Å². The van der Waals surface area contributed by atoms with Crippen LogP contribution in [0.25, 0.3) is 0 Å². The summed E-state index contributed by atoms with van der Waals surface area (Å²) in [5.41, 5.74) is 0.560. The van der Waals surface area contributed by atoms with E-state index in [1.54, 1.807) is 36.7 Å². The summed E-state index contributed by atoms with van der Waals surface area (Å²) in [6.45, 7) is 2.52. The van der Waals surface area contributed by atoms with Gasteiger partial charge in [0.1, 0.15) is 5.75 Å². The van der Waals surface area contributed by atoms with Crippen molar-refractivity contribution in [2.24, 2.45) is 0 Å². The molecule has 1 heterocycles. The highest BCUT2D eigenvalue weighted by Crippen LogP contribution is 2.12. The Bertz CT molecular complexity index is 477. The van der Waals surface area contributed by atoms with Crippen molar-refractivity contribution >= 4 is 11.9 Å². The Balaban J connectivity index is 2.04. The first-order chi connectivity index (χ1) is 8.29. The highest BCUT2D eigenvalue weighted by atomic mass is 16.5. The van der Waals surface area contributed by atoms with Gasteiger partial charge in [0.05, 0.1) is 6.61 Å². The van der Waals surface area contributed by atoms with Crippen LogP contribution in [0.3, 0.4) is 0 Å². The van der Waals surface area contributed by atoms with Crippen molar-refractivity contribution < 1.29 is 9.53 Å². The summed E-state index contributed by atoms with van der Waals surface area (Å²) < 4.78 is 5.30. The topological polar surface area (TPSA) is 67.0 Å². The van der Waals surface area contributed by atoms with Crippen LogP contribution in [0.2, 0.25) is 0 Å². The Kier molecular flexibility index (Phi) is 3.40. The number of benzene rings is 1. The van der Waals surface area contributed by atoms with Crippen LogP contribution in [0.4, 0.5) is 5.95 Å². The molecule has 0 aliphatic rings. The van der Waals surface area contributed by atoms with E-state index >= 15 is 0 Å². The molecule has 5 nitrogen and oxygen atoms in total. The Morgan fingerprint density at radius 3 is 2.76 bits per heavy atom. The second-order valence-electron chi connectivity index (χ2n) is 3.35. The van der Waals surface area contributed by atoms with Gasteiger partial charge in [-0.2, -0.15) is 0 Å². The smallest absolute Gasteiger partial charge is 0.257 e. The first kappa shape index (κ1) is 11.2. The van der Waals surface area contributed by atoms with Crippen molar-refractivity contribution in [3.8, 4) is 5.75 Å². The quantitative estimate of drug-likeness (QED) is 0.846. The number of hydrogen-bond donors (Lipinski definition) is 2. The maximum absolute atomic E-state index is 11.8. The molecule has 0 fully saturated rings. The van der Waals surface area contributed by atoms with Gasteiger partial charge in [0, 0.05) is 18.0 Å². The number of imidazole rings is 1. The van der Waals surface area contributed by atoms with Crippen LogP contribution in [0.5, 0.6) is 5.75 Å². The predicted molar refractivity (Wildman–Crippen MR) is 64.2 cm³/mol. The summed E-state index contributed by atoms with van der Waals surface area (Å²) in [4.78, 5) is 18.5. The van der Waals surface area contributed by atoms with Crippen molar-refractivity contribution in [3.63, 3.8) is 0 Å². The number of aromatic nitrogens is 2. The molecule has 0 aliphatic carbocycles. The number of nitrogens with zero attached hydrogens (tertiary/aromatic N) is 1. The monoisotopic (exact) mass is 231 g/mol. The number of aromatic amines is 1. The Hall–Kier alpha value is -2.30. The molecule has 0 unspecified atom stereocenters. The third kappa shape index (κ3) is 2.84. The molecule has 2 N–H and O–H groups in total. The van der Waals surface area contributed by atoms with Gasteiger partial charge in [0.25, 0.3) is 5.91 Å². The van der Waals surface area contributed by atoms with Crippen molar-refractivity contribution in [2.75, 3.05) is 11.9 Å². The molecule has 0 aliphatic heterocycles. The zero-order valence-corrected chi connectivity index (χ0v) is 9.43. The highest BCUT2D eigenvalue weighted by Gasteiger charge is 2.06. The maximum atomic E-state index is 11.8. The minimum Gasteiger partial charge on any atom is -0.494 e. The summed E-state index contributed by atoms with van der Waals surface area (Å²) in [5.74, 6) is 0.980. The van der Waals surface area contributed by atoms with E-state index in [4.69, 9.17) is 4.74 Å². The molecular formula is C12H13N3O2. The zero-order valence-electron chi connectivity index (χ0n) is 9.43. The van der Waals surface area contributed by atoms with E-state index < -0.39 is 0 Å². The summed E-state index contributed by atoms with van der Waals surface area (Å²) >= 11 is 0. The van der Waals surface area contributed by atoms with Gasteiger partial charge in [-0.3, -0.25) is 10.1 Å². The fraction of sp³-hybridized carbons (Fsp3) is 0.167. The molecule has 0 bridgehead atoms. The second kappa shape index (κ2) is 5.16. The number of rotatable bonds is 4. The van der Waals surface area contributed by atoms with Gasteiger partial charge in [-0.1, -0.05) is 0 Å². The number of H-pyrrole nitrogens is 1. The van der Waals surface area contributed by atoms with E-state index in [2.05, 4.69) is 15.3 Å². The second-order valence-corrected chi connectivity index (χ2v) is 3.35. The normalized spacial score (nSPS) is 9.94. The molecule has 1 aromatic carbocycles. The molecule has 0 saturated carbocycles. The number of anilines is 1. The number of ether oxygens (including phenoxy) is 1. The number of amides is 1. The minimum atomic E-state index is -0.206. The molecule has 0 saturated heterocycles. The van der Waals surface area contributed by atoms with E-state index in [1.165, 1.54) is 0 Å². The summed E-state index contributed by atoms with van der Waals surface area (Å²) in [5, 5.41) is 2.64. The van der Waals surface area contributed by atoms with Crippen LogP contribution in [-0.4, -0.2) is 22.5 Å².